The predicted octanol–water partition coefficient (Wildman–Crippen LogP) is 4.72. The Kier molecular flexibility index (Phi) is 6.32. The topological polar surface area (TPSA) is 20.2 Å². The molecule has 0 heterocycles. The Labute approximate surface area is 114 Å². The Hall–Kier alpha value is -0.240. The minimum atomic E-state index is -0.321. The third kappa shape index (κ3) is 4.87. The van der Waals surface area contributed by atoms with Gasteiger partial charge in [0.25, 0.3) is 0 Å². The molecule has 0 aliphatic rings. The fourth-order valence-corrected chi connectivity index (χ4v) is 2.52. The van der Waals surface area contributed by atoms with Gasteiger partial charge in [0.2, 0.25) is 0 Å². The number of benzene rings is 1. The summed E-state index contributed by atoms with van der Waals surface area (Å²) in [5, 5.41) is 11.3. The van der Waals surface area contributed by atoms with Crippen LogP contribution in [0.15, 0.2) is 18.2 Å². The van der Waals surface area contributed by atoms with Gasteiger partial charge in [-0.15, -0.1) is 0 Å². The molecule has 1 unspecified atom stereocenters. The van der Waals surface area contributed by atoms with Crippen LogP contribution < -0.4 is 0 Å². The van der Waals surface area contributed by atoms with Crippen molar-refractivity contribution in [2.45, 2.75) is 45.6 Å². The van der Waals surface area contributed by atoms with E-state index < -0.39 is 0 Å². The van der Waals surface area contributed by atoms with Gasteiger partial charge in [-0.1, -0.05) is 56.0 Å². The lowest BCUT2D eigenvalue weighted by molar-refractivity contribution is 0.139. The highest BCUT2D eigenvalue weighted by Crippen LogP contribution is 2.24. The summed E-state index contributed by atoms with van der Waals surface area (Å²) >= 11 is 11.9. The molecule has 0 saturated heterocycles. The van der Waals surface area contributed by atoms with Gasteiger partial charge in [0.1, 0.15) is 0 Å². The zero-order valence-electron chi connectivity index (χ0n) is 10.4. The van der Waals surface area contributed by atoms with Gasteiger partial charge in [-0.25, -0.2) is 0 Å². The quantitative estimate of drug-likeness (QED) is 0.796. The molecule has 3 heteroatoms. The zero-order chi connectivity index (χ0) is 12.8. The van der Waals surface area contributed by atoms with Crippen LogP contribution >= 0.6 is 23.2 Å². The van der Waals surface area contributed by atoms with Gasteiger partial charge < -0.3 is 5.11 Å². The second-order valence-electron chi connectivity index (χ2n) is 4.51. The molecule has 0 amide bonds. The van der Waals surface area contributed by atoms with Crippen molar-refractivity contribution in [1.29, 1.82) is 0 Å². The van der Waals surface area contributed by atoms with E-state index >= 15 is 0 Å². The van der Waals surface area contributed by atoms with Gasteiger partial charge in [0.05, 0.1) is 6.10 Å². The fourth-order valence-electron chi connectivity index (χ4n) is 2.03. The maximum Gasteiger partial charge on any atom is 0.0583 e. The van der Waals surface area contributed by atoms with Crippen LogP contribution in [0.1, 0.15) is 38.7 Å². The van der Waals surface area contributed by atoms with E-state index in [-0.39, 0.29) is 6.10 Å². The molecule has 0 bridgehead atoms. The van der Waals surface area contributed by atoms with Crippen LogP contribution in [0.5, 0.6) is 0 Å². The summed E-state index contributed by atoms with van der Waals surface area (Å²) in [4.78, 5) is 0. The lowest BCUT2D eigenvalue weighted by Crippen LogP contribution is -2.15. The molecule has 0 aliphatic heterocycles. The van der Waals surface area contributed by atoms with Gasteiger partial charge in [-0.2, -0.15) is 0 Å². The lowest BCUT2D eigenvalue weighted by atomic mass is 9.93. The molecule has 0 aromatic heterocycles. The minimum Gasteiger partial charge on any atom is -0.393 e. The second-order valence-corrected chi connectivity index (χ2v) is 5.36. The Morgan fingerprint density at radius 3 is 2.35 bits per heavy atom. The van der Waals surface area contributed by atoms with E-state index in [4.69, 9.17) is 23.2 Å². The lowest BCUT2D eigenvalue weighted by Gasteiger charge is -2.17. The molecule has 1 N–H and O–H groups in total. The molecule has 0 aliphatic carbocycles. The molecular formula is C14H20Cl2O. The standard InChI is InChI=1S/C14H20Cl2O/c1-3-10(4-2)7-13(17)8-11-5-6-12(15)9-14(11)16/h5-6,9-10,13,17H,3-4,7-8H2,1-2H3. The molecule has 1 atom stereocenters. The van der Waals surface area contributed by atoms with E-state index in [1.54, 1.807) is 6.07 Å². The van der Waals surface area contributed by atoms with Crippen LogP contribution in [0.2, 0.25) is 10.0 Å². The molecule has 96 valence electrons. The Bertz CT molecular complexity index is 348. The number of aliphatic hydroxyl groups excluding tert-OH is 1. The summed E-state index contributed by atoms with van der Waals surface area (Å²) in [5.74, 6) is 0.594. The van der Waals surface area contributed by atoms with Crippen LogP contribution in [-0.4, -0.2) is 11.2 Å². The Balaban J connectivity index is 2.58. The van der Waals surface area contributed by atoms with Gasteiger partial charge in [0.15, 0.2) is 0 Å². The summed E-state index contributed by atoms with van der Waals surface area (Å²) in [7, 11) is 0. The van der Waals surface area contributed by atoms with E-state index in [0.717, 1.165) is 24.8 Å². The minimum absolute atomic E-state index is 0.321. The Morgan fingerprint density at radius 1 is 1.18 bits per heavy atom. The van der Waals surface area contributed by atoms with Crippen LogP contribution in [0.25, 0.3) is 0 Å². The van der Waals surface area contributed by atoms with Crippen LogP contribution in [-0.2, 0) is 6.42 Å². The largest absolute Gasteiger partial charge is 0.393 e. The van der Waals surface area contributed by atoms with E-state index in [9.17, 15) is 5.11 Å². The number of halogens is 2. The Morgan fingerprint density at radius 2 is 1.82 bits per heavy atom. The number of hydrogen-bond acceptors (Lipinski definition) is 1. The van der Waals surface area contributed by atoms with E-state index in [1.165, 1.54) is 0 Å². The molecule has 1 rings (SSSR count). The molecule has 0 spiro atoms. The molecule has 17 heavy (non-hydrogen) atoms. The van der Waals surface area contributed by atoms with E-state index in [1.807, 2.05) is 12.1 Å². The SMILES string of the molecule is CCC(CC)CC(O)Cc1ccc(Cl)cc1Cl. The van der Waals surface area contributed by atoms with Gasteiger partial charge >= 0.3 is 0 Å². The molecule has 1 aromatic carbocycles. The maximum atomic E-state index is 10.0. The van der Waals surface area contributed by atoms with Crippen molar-refractivity contribution in [2.24, 2.45) is 5.92 Å². The van der Waals surface area contributed by atoms with Crippen molar-refractivity contribution in [2.75, 3.05) is 0 Å². The monoisotopic (exact) mass is 274 g/mol. The normalized spacial score (nSPS) is 13.1. The van der Waals surface area contributed by atoms with E-state index in [0.29, 0.717) is 22.4 Å². The number of hydrogen-bond donors (Lipinski definition) is 1. The van der Waals surface area contributed by atoms with Crippen molar-refractivity contribution in [3.8, 4) is 0 Å². The summed E-state index contributed by atoms with van der Waals surface area (Å²) in [6, 6.07) is 5.43. The summed E-state index contributed by atoms with van der Waals surface area (Å²) in [6.45, 7) is 4.33. The van der Waals surface area contributed by atoms with Crippen molar-refractivity contribution >= 4 is 23.2 Å². The van der Waals surface area contributed by atoms with Crippen molar-refractivity contribution in [1.82, 2.24) is 0 Å². The summed E-state index contributed by atoms with van der Waals surface area (Å²) in [6.07, 6.45) is 3.35. The molecule has 0 radical (unpaired) electrons. The highest BCUT2D eigenvalue weighted by atomic mass is 35.5. The summed E-state index contributed by atoms with van der Waals surface area (Å²) < 4.78 is 0. The average molecular weight is 275 g/mol. The molecule has 0 fully saturated rings. The van der Waals surface area contributed by atoms with Crippen LogP contribution in [0, 0.1) is 5.92 Å². The third-order valence-electron chi connectivity index (χ3n) is 3.23. The first-order valence-electron chi connectivity index (χ1n) is 6.18. The van der Waals surface area contributed by atoms with Gasteiger partial charge in [0, 0.05) is 10.0 Å². The van der Waals surface area contributed by atoms with Crippen molar-refractivity contribution in [3.63, 3.8) is 0 Å². The first kappa shape index (κ1) is 14.8. The van der Waals surface area contributed by atoms with Gasteiger partial charge in [-0.05, 0) is 36.5 Å². The highest BCUT2D eigenvalue weighted by Gasteiger charge is 2.13. The summed E-state index contributed by atoms with van der Waals surface area (Å²) in [5.41, 5.74) is 0.967. The highest BCUT2D eigenvalue weighted by molar-refractivity contribution is 6.35. The van der Waals surface area contributed by atoms with Crippen molar-refractivity contribution in [3.05, 3.63) is 33.8 Å². The third-order valence-corrected chi connectivity index (χ3v) is 3.82. The zero-order valence-corrected chi connectivity index (χ0v) is 11.9. The van der Waals surface area contributed by atoms with Crippen LogP contribution in [0.3, 0.4) is 0 Å². The average Bonchev–Trinajstić information content (AvgIpc) is 2.29. The first-order chi connectivity index (χ1) is 8.06. The smallest absolute Gasteiger partial charge is 0.0583 e. The molecular weight excluding hydrogens is 255 g/mol. The van der Waals surface area contributed by atoms with Gasteiger partial charge in [-0.3, -0.25) is 0 Å². The number of aliphatic hydroxyl groups is 1. The van der Waals surface area contributed by atoms with Crippen LogP contribution in [0.4, 0.5) is 0 Å². The fraction of sp³-hybridized carbons (Fsp3) is 0.571. The van der Waals surface area contributed by atoms with Crippen molar-refractivity contribution < 1.29 is 5.11 Å². The van der Waals surface area contributed by atoms with E-state index in [2.05, 4.69) is 13.8 Å². The molecule has 0 saturated carbocycles. The number of rotatable bonds is 6. The maximum absolute atomic E-state index is 10.0. The molecule has 1 nitrogen and oxygen atoms in total. The predicted molar refractivity (Wildman–Crippen MR) is 74.9 cm³/mol. The first-order valence-corrected chi connectivity index (χ1v) is 6.94. The second kappa shape index (κ2) is 7.25. The molecule has 1 aromatic rings.